The summed E-state index contributed by atoms with van der Waals surface area (Å²) < 4.78 is 54.5. The lowest BCUT2D eigenvalue weighted by atomic mass is 9.88. The number of nitrogens with two attached hydrogens (primary N) is 1. The number of rotatable bonds is 5. The number of nitrogens with zero attached hydrogens (tertiary/aromatic N) is 4. The second-order valence-corrected chi connectivity index (χ2v) is 10.4. The minimum atomic E-state index is -4.45. The fraction of sp³-hybridized carbons (Fsp3) is 0.273. The van der Waals surface area contributed by atoms with Crippen LogP contribution in [0.5, 0.6) is 0 Å². The summed E-state index contributed by atoms with van der Waals surface area (Å²) in [6.45, 7) is 1.69. The Morgan fingerprint density at radius 2 is 2.09 bits per heavy atom. The van der Waals surface area contributed by atoms with Crippen LogP contribution in [0.15, 0.2) is 54.8 Å². The van der Waals surface area contributed by atoms with Gasteiger partial charge in [0.2, 0.25) is 10.0 Å². The Bertz CT molecular complexity index is 1480. The third-order valence-electron chi connectivity index (χ3n) is 5.98. The van der Waals surface area contributed by atoms with Crippen LogP contribution in [0.2, 0.25) is 5.15 Å². The Labute approximate surface area is 204 Å². The van der Waals surface area contributed by atoms with Gasteiger partial charge in [-0.3, -0.25) is 0 Å². The highest BCUT2D eigenvalue weighted by Crippen LogP contribution is 2.43. The maximum absolute atomic E-state index is 16.2. The number of hydrogen-bond acceptors (Lipinski definition) is 8. The van der Waals surface area contributed by atoms with Crippen LogP contribution in [0, 0.1) is 0 Å². The van der Waals surface area contributed by atoms with Gasteiger partial charge in [-0.05, 0) is 43.3 Å². The number of nitrogens with one attached hydrogen (secondary N) is 2. The molecule has 3 aromatic heterocycles. The first-order chi connectivity index (χ1) is 16.6. The number of aromatic nitrogens is 4. The van der Waals surface area contributed by atoms with E-state index in [1.807, 2.05) is 0 Å². The topological polar surface area (TPSA) is 136 Å². The zero-order valence-electron chi connectivity index (χ0n) is 18.1. The van der Waals surface area contributed by atoms with Crippen molar-refractivity contribution in [2.45, 2.75) is 23.4 Å². The van der Waals surface area contributed by atoms with Crippen molar-refractivity contribution in [2.75, 3.05) is 18.4 Å². The van der Waals surface area contributed by atoms with Crippen LogP contribution in [-0.2, 0) is 15.7 Å². The molecule has 0 amide bonds. The SMILES string of the molecule is NS(=O)(=O)C1C=CC(F)=CC1(F)c1cc(-c2ccc3ncnc(NC4CCNC4)c3n2)cnc1Cl. The second kappa shape index (κ2) is 8.86. The van der Waals surface area contributed by atoms with Crippen molar-refractivity contribution in [1.29, 1.82) is 0 Å². The van der Waals surface area contributed by atoms with Gasteiger partial charge in [-0.15, -0.1) is 0 Å². The van der Waals surface area contributed by atoms with Crippen LogP contribution in [0.3, 0.4) is 0 Å². The van der Waals surface area contributed by atoms with Crippen molar-refractivity contribution >= 4 is 38.5 Å². The van der Waals surface area contributed by atoms with Crippen LogP contribution in [0.4, 0.5) is 14.6 Å². The van der Waals surface area contributed by atoms with Crippen molar-refractivity contribution in [3.63, 3.8) is 0 Å². The van der Waals surface area contributed by atoms with Crippen LogP contribution in [0.25, 0.3) is 22.3 Å². The van der Waals surface area contributed by atoms with Crippen LogP contribution < -0.4 is 15.8 Å². The molecular formula is C22H20ClF2N7O2S. The van der Waals surface area contributed by atoms with Gasteiger partial charge < -0.3 is 10.6 Å². The molecule has 0 saturated carbocycles. The largest absolute Gasteiger partial charge is 0.364 e. The first-order valence-electron chi connectivity index (χ1n) is 10.7. The number of allylic oxidation sites excluding steroid dienone is 3. The molecule has 0 radical (unpaired) electrons. The van der Waals surface area contributed by atoms with E-state index in [1.165, 1.54) is 18.6 Å². The number of hydrogen-bond donors (Lipinski definition) is 3. The number of sulfonamides is 1. The molecule has 1 saturated heterocycles. The first kappa shape index (κ1) is 23.7. The Hall–Kier alpha value is -3.06. The molecule has 0 spiro atoms. The standard InChI is InChI=1S/C22H20ClF2N7O2S/c23-20-15(22(25)8-13(24)1-4-18(22)35(26,33)34)7-12(9-28-20)16-2-3-17-19(32-16)21(30-11-29-17)31-14-5-6-27-10-14/h1-4,7-9,11,14,18,27H,5-6,10H2,(H2,26,33,34)(H,29,30,31). The number of halogens is 3. The normalized spacial score (nSPS) is 24.5. The number of primary sulfonamides is 1. The van der Waals surface area contributed by atoms with E-state index in [4.69, 9.17) is 16.7 Å². The van der Waals surface area contributed by atoms with Crippen molar-refractivity contribution in [3.05, 3.63) is 65.5 Å². The zero-order valence-corrected chi connectivity index (χ0v) is 19.7. The summed E-state index contributed by atoms with van der Waals surface area (Å²) in [4.78, 5) is 17.2. The van der Waals surface area contributed by atoms with Gasteiger partial charge in [0.15, 0.2) is 11.5 Å². The maximum Gasteiger partial charge on any atom is 0.219 e. The third kappa shape index (κ3) is 4.49. The van der Waals surface area contributed by atoms with Gasteiger partial charge >= 0.3 is 0 Å². The molecule has 9 nitrogen and oxygen atoms in total. The number of alkyl halides is 1. The van der Waals surface area contributed by atoms with Gasteiger partial charge in [0, 0.05) is 29.9 Å². The molecule has 1 fully saturated rings. The number of anilines is 1. The summed E-state index contributed by atoms with van der Waals surface area (Å²) in [6.07, 6.45) is 5.97. The van der Waals surface area contributed by atoms with Crippen LogP contribution in [-0.4, -0.2) is 52.7 Å². The Kier molecular flexibility index (Phi) is 5.99. The molecule has 5 rings (SSSR count). The maximum atomic E-state index is 16.2. The smallest absolute Gasteiger partial charge is 0.219 e. The summed E-state index contributed by atoms with van der Waals surface area (Å²) >= 11 is 6.17. The van der Waals surface area contributed by atoms with E-state index in [1.54, 1.807) is 12.1 Å². The number of pyridine rings is 2. The van der Waals surface area contributed by atoms with E-state index in [0.717, 1.165) is 31.7 Å². The molecule has 3 atom stereocenters. The molecule has 13 heteroatoms. The van der Waals surface area contributed by atoms with E-state index in [0.29, 0.717) is 34.2 Å². The fourth-order valence-corrected chi connectivity index (χ4v) is 5.48. The van der Waals surface area contributed by atoms with E-state index in [9.17, 15) is 12.8 Å². The van der Waals surface area contributed by atoms with E-state index >= 15 is 4.39 Å². The van der Waals surface area contributed by atoms with E-state index in [2.05, 4.69) is 30.6 Å². The van der Waals surface area contributed by atoms with Gasteiger partial charge in [-0.25, -0.2) is 42.3 Å². The highest BCUT2D eigenvalue weighted by molar-refractivity contribution is 7.90. The molecule has 3 unspecified atom stereocenters. The summed E-state index contributed by atoms with van der Waals surface area (Å²) in [5, 5.41) is 9.65. The minimum Gasteiger partial charge on any atom is -0.364 e. The number of fused-ring (bicyclic) bond motifs is 1. The summed E-state index contributed by atoms with van der Waals surface area (Å²) in [7, 11) is -4.45. The van der Waals surface area contributed by atoms with Crippen molar-refractivity contribution in [3.8, 4) is 11.3 Å². The molecule has 35 heavy (non-hydrogen) atoms. The first-order valence-corrected chi connectivity index (χ1v) is 12.7. The molecular weight excluding hydrogens is 500 g/mol. The van der Waals surface area contributed by atoms with Crippen LogP contribution in [0.1, 0.15) is 12.0 Å². The molecule has 0 bridgehead atoms. The summed E-state index contributed by atoms with van der Waals surface area (Å²) in [6, 6.07) is 4.87. The molecule has 4 N–H and O–H groups in total. The van der Waals surface area contributed by atoms with E-state index < -0.39 is 26.8 Å². The van der Waals surface area contributed by atoms with Crippen molar-refractivity contribution in [1.82, 2.24) is 25.3 Å². The summed E-state index contributed by atoms with van der Waals surface area (Å²) in [5.41, 5.74) is -1.42. The third-order valence-corrected chi connectivity index (χ3v) is 7.49. The average molecular weight is 520 g/mol. The molecule has 182 valence electrons. The van der Waals surface area contributed by atoms with Crippen LogP contribution >= 0.6 is 11.6 Å². The molecule has 4 heterocycles. The Morgan fingerprint density at radius 1 is 1.26 bits per heavy atom. The molecule has 0 aromatic carbocycles. The Balaban J connectivity index is 1.60. The molecule has 1 aliphatic carbocycles. The lowest BCUT2D eigenvalue weighted by Gasteiger charge is -2.30. The molecule has 2 aliphatic rings. The molecule has 3 aromatic rings. The Morgan fingerprint density at radius 3 is 2.83 bits per heavy atom. The lowest BCUT2D eigenvalue weighted by Crippen LogP contribution is -2.43. The van der Waals surface area contributed by atoms with Crippen molar-refractivity contribution in [2.24, 2.45) is 5.14 Å². The predicted molar refractivity (Wildman–Crippen MR) is 128 cm³/mol. The summed E-state index contributed by atoms with van der Waals surface area (Å²) in [5.74, 6) is -0.418. The van der Waals surface area contributed by atoms with Gasteiger partial charge in [0.25, 0.3) is 0 Å². The van der Waals surface area contributed by atoms with E-state index in [-0.39, 0.29) is 16.8 Å². The van der Waals surface area contributed by atoms with Crippen molar-refractivity contribution < 1.29 is 17.2 Å². The van der Waals surface area contributed by atoms with Gasteiger partial charge in [-0.1, -0.05) is 17.7 Å². The monoisotopic (exact) mass is 519 g/mol. The predicted octanol–water partition coefficient (Wildman–Crippen LogP) is 2.76. The lowest BCUT2D eigenvalue weighted by molar-refractivity contribution is 0.232. The highest BCUT2D eigenvalue weighted by Gasteiger charge is 2.48. The zero-order chi connectivity index (χ0) is 24.8. The quantitative estimate of drug-likeness (QED) is 0.438. The minimum absolute atomic E-state index is 0.185. The van der Waals surface area contributed by atoms with Gasteiger partial charge in [-0.2, -0.15) is 0 Å². The van der Waals surface area contributed by atoms with Gasteiger partial charge in [0.05, 0.1) is 11.2 Å². The fourth-order valence-electron chi connectivity index (χ4n) is 4.26. The second-order valence-electron chi connectivity index (χ2n) is 8.35. The van der Waals surface area contributed by atoms with Gasteiger partial charge in [0.1, 0.15) is 28.1 Å². The highest BCUT2D eigenvalue weighted by atomic mass is 35.5. The average Bonchev–Trinajstić information content (AvgIpc) is 3.31. The molecule has 1 aliphatic heterocycles.